The molecule has 0 aliphatic rings. The molecule has 25 heavy (non-hydrogen) atoms. The fourth-order valence-corrected chi connectivity index (χ4v) is 2.23. The van der Waals surface area contributed by atoms with Crippen molar-refractivity contribution in [2.45, 2.75) is 33.1 Å². The van der Waals surface area contributed by atoms with Gasteiger partial charge in [0.15, 0.2) is 0 Å². The van der Waals surface area contributed by atoms with Gasteiger partial charge in [-0.2, -0.15) is 5.10 Å². The number of carbonyl (C=O) groups excluding carboxylic acids is 1. The lowest BCUT2D eigenvalue weighted by Crippen LogP contribution is -2.19. The predicted molar refractivity (Wildman–Crippen MR) is 102 cm³/mol. The number of anilines is 1. The molecule has 2 aromatic rings. The van der Waals surface area contributed by atoms with E-state index in [1.54, 1.807) is 24.3 Å². The number of hydrogen-bond acceptors (Lipinski definition) is 4. The van der Waals surface area contributed by atoms with Gasteiger partial charge in [-0.1, -0.05) is 19.8 Å². The number of amides is 1. The first-order valence-corrected chi connectivity index (χ1v) is 8.53. The minimum absolute atomic E-state index is 0.268. The zero-order valence-electron chi connectivity index (χ0n) is 14.8. The molecule has 0 unspecified atom stereocenters. The molecule has 132 valence electrons. The van der Waals surface area contributed by atoms with Crippen LogP contribution in [0.2, 0.25) is 0 Å². The molecule has 0 saturated carbocycles. The fourth-order valence-electron chi connectivity index (χ4n) is 2.23. The lowest BCUT2D eigenvalue weighted by atomic mass is 10.1. The predicted octanol–water partition coefficient (Wildman–Crippen LogP) is 3.99. The number of unbranched alkanes of at least 4 members (excludes halogenated alkanes) is 2. The summed E-state index contributed by atoms with van der Waals surface area (Å²) in [6.45, 7) is 4.75. The molecule has 0 bridgehead atoms. The van der Waals surface area contributed by atoms with E-state index in [1.807, 2.05) is 31.2 Å². The average Bonchev–Trinajstić information content (AvgIpc) is 2.64. The van der Waals surface area contributed by atoms with Crippen LogP contribution in [0.4, 0.5) is 5.69 Å². The topological polar surface area (TPSA) is 76.7 Å². The van der Waals surface area contributed by atoms with Crippen molar-refractivity contribution in [3.05, 3.63) is 59.7 Å². The molecule has 0 fully saturated rings. The van der Waals surface area contributed by atoms with E-state index >= 15 is 0 Å². The van der Waals surface area contributed by atoms with Gasteiger partial charge >= 0.3 is 0 Å². The van der Waals surface area contributed by atoms with Crippen molar-refractivity contribution in [2.75, 3.05) is 12.3 Å². The maximum atomic E-state index is 12.0. The van der Waals surface area contributed by atoms with E-state index in [1.165, 1.54) is 12.8 Å². The summed E-state index contributed by atoms with van der Waals surface area (Å²) >= 11 is 0. The molecule has 0 saturated heterocycles. The van der Waals surface area contributed by atoms with Gasteiger partial charge in [-0.15, -0.1) is 0 Å². The highest BCUT2D eigenvalue weighted by atomic mass is 16.5. The molecular formula is C20H25N3O2. The molecule has 0 aliphatic carbocycles. The zero-order chi connectivity index (χ0) is 18.1. The van der Waals surface area contributed by atoms with Crippen molar-refractivity contribution in [1.29, 1.82) is 0 Å². The molecule has 2 aromatic carbocycles. The van der Waals surface area contributed by atoms with Gasteiger partial charge in [0.05, 0.1) is 12.3 Å². The lowest BCUT2D eigenvalue weighted by Gasteiger charge is -2.07. The first kappa shape index (κ1) is 18.5. The highest BCUT2D eigenvalue weighted by Crippen LogP contribution is 2.13. The first-order chi connectivity index (χ1) is 12.1. The maximum absolute atomic E-state index is 12.0. The largest absolute Gasteiger partial charge is 0.494 e. The van der Waals surface area contributed by atoms with Gasteiger partial charge in [0, 0.05) is 11.3 Å². The molecule has 0 aliphatic heterocycles. The van der Waals surface area contributed by atoms with Crippen LogP contribution in [0.25, 0.3) is 0 Å². The van der Waals surface area contributed by atoms with Gasteiger partial charge in [-0.3, -0.25) is 4.79 Å². The Morgan fingerprint density at radius 2 is 1.68 bits per heavy atom. The third-order valence-electron chi connectivity index (χ3n) is 3.79. The molecule has 5 heteroatoms. The lowest BCUT2D eigenvalue weighted by molar-refractivity contribution is 0.0955. The van der Waals surface area contributed by atoms with Crippen LogP contribution < -0.4 is 15.9 Å². The molecule has 0 heterocycles. The van der Waals surface area contributed by atoms with E-state index in [4.69, 9.17) is 10.5 Å². The second kappa shape index (κ2) is 9.47. The Hall–Kier alpha value is -2.82. The normalized spacial score (nSPS) is 11.2. The zero-order valence-corrected chi connectivity index (χ0v) is 14.8. The summed E-state index contributed by atoms with van der Waals surface area (Å²) < 4.78 is 5.69. The number of hydrogen-bond donors (Lipinski definition) is 2. The van der Waals surface area contributed by atoms with Crippen molar-refractivity contribution in [3.63, 3.8) is 0 Å². The number of nitrogen functional groups attached to an aromatic ring is 1. The third kappa shape index (κ3) is 5.95. The molecule has 1 amide bonds. The Kier molecular flexibility index (Phi) is 7.01. The Labute approximate surface area is 148 Å². The summed E-state index contributed by atoms with van der Waals surface area (Å²) in [5, 5.41) is 4.15. The number of benzene rings is 2. The van der Waals surface area contributed by atoms with Crippen LogP contribution in [0.1, 0.15) is 49.0 Å². The quantitative estimate of drug-likeness (QED) is 0.330. The van der Waals surface area contributed by atoms with Crippen LogP contribution >= 0.6 is 0 Å². The van der Waals surface area contributed by atoms with Crippen LogP contribution in [0.5, 0.6) is 5.75 Å². The van der Waals surface area contributed by atoms with Crippen molar-refractivity contribution < 1.29 is 9.53 Å². The van der Waals surface area contributed by atoms with Gasteiger partial charge in [0.25, 0.3) is 5.91 Å². The SMILES string of the molecule is CCCCCOc1ccc(/C(C)=N\NC(=O)c2ccc(N)cc2)cc1. The number of rotatable bonds is 8. The third-order valence-corrected chi connectivity index (χ3v) is 3.79. The average molecular weight is 339 g/mol. The van der Waals surface area contributed by atoms with Gasteiger partial charge in [-0.25, -0.2) is 5.43 Å². The summed E-state index contributed by atoms with van der Waals surface area (Å²) in [5.41, 5.74) is 11.0. The smallest absolute Gasteiger partial charge is 0.271 e. The van der Waals surface area contributed by atoms with Crippen LogP contribution in [0, 0.1) is 0 Å². The Morgan fingerprint density at radius 3 is 2.32 bits per heavy atom. The van der Waals surface area contributed by atoms with Crippen LogP contribution in [-0.4, -0.2) is 18.2 Å². The van der Waals surface area contributed by atoms with E-state index in [2.05, 4.69) is 17.5 Å². The number of carbonyl (C=O) groups is 1. The van der Waals surface area contributed by atoms with E-state index in [0.717, 1.165) is 30.1 Å². The number of ether oxygens (including phenoxy) is 1. The van der Waals surface area contributed by atoms with E-state index < -0.39 is 0 Å². The van der Waals surface area contributed by atoms with E-state index in [9.17, 15) is 4.79 Å². The summed E-state index contributed by atoms with van der Waals surface area (Å²) in [6, 6.07) is 14.4. The summed E-state index contributed by atoms with van der Waals surface area (Å²) in [4.78, 5) is 12.0. The molecule has 0 aromatic heterocycles. The molecule has 0 spiro atoms. The van der Waals surface area contributed by atoms with Gasteiger partial charge < -0.3 is 10.5 Å². The summed E-state index contributed by atoms with van der Waals surface area (Å²) in [7, 11) is 0. The van der Waals surface area contributed by atoms with Gasteiger partial charge in [0.1, 0.15) is 5.75 Å². The molecule has 0 atom stereocenters. The van der Waals surface area contributed by atoms with E-state index in [0.29, 0.717) is 11.3 Å². The number of hydrazone groups is 1. The Morgan fingerprint density at radius 1 is 1.04 bits per heavy atom. The molecule has 5 nitrogen and oxygen atoms in total. The molecule has 2 rings (SSSR count). The summed E-state index contributed by atoms with van der Waals surface area (Å²) in [5.74, 6) is 0.578. The number of nitrogens with one attached hydrogen (secondary N) is 1. The number of nitrogens with zero attached hydrogens (tertiary/aromatic N) is 1. The van der Waals surface area contributed by atoms with Gasteiger partial charge in [0.2, 0.25) is 0 Å². The standard InChI is InChI=1S/C20H25N3O2/c1-3-4-5-14-25-19-12-8-16(9-13-19)15(2)22-23-20(24)17-6-10-18(21)11-7-17/h6-13H,3-5,14,21H2,1-2H3,(H,23,24)/b22-15-. The van der Waals surface area contributed by atoms with Crippen LogP contribution in [-0.2, 0) is 0 Å². The Balaban J connectivity index is 1.90. The maximum Gasteiger partial charge on any atom is 0.271 e. The van der Waals surface area contributed by atoms with E-state index in [-0.39, 0.29) is 5.91 Å². The van der Waals surface area contributed by atoms with Crippen LogP contribution in [0.3, 0.4) is 0 Å². The monoisotopic (exact) mass is 339 g/mol. The minimum atomic E-state index is -0.268. The fraction of sp³-hybridized carbons (Fsp3) is 0.300. The van der Waals surface area contributed by atoms with Gasteiger partial charge in [-0.05, 0) is 67.4 Å². The van der Waals surface area contributed by atoms with Crippen molar-refractivity contribution in [1.82, 2.24) is 5.43 Å². The second-order valence-corrected chi connectivity index (χ2v) is 5.84. The second-order valence-electron chi connectivity index (χ2n) is 5.84. The van der Waals surface area contributed by atoms with Crippen molar-refractivity contribution >= 4 is 17.3 Å². The van der Waals surface area contributed by atoms with Crippen molar-refractivity contribution in [2.24, 2.45) is 5.10 Å². The highest BCUT2D eigenvalue weighted by Gasteiger charge is 2.05. The minimum Gasteiger partial charge on any atom is -0.494 e. The molecule has 3 N–H and O–H groups in total. The van der Waals surface area contributed by atoms with Crippen molar-refractivity contribution in [3.8, 4) is 5.75 Å². The molecular weight excluding hydrogens is 314 g/mol. The van der Waals surface area contributed by atoms with Crippen LogP contribution in [0.15, 0.2) is 53.6 Å². The molecule has 0 radical (unpaired) electrons. The first-order valence-electron chi connectivity index (χ1n) is 8.53. The summed E-state index contributed by atoms with van der Waals surface area (Å²) in [6.07, 6.45) is 3.42. The highest BCUT2D eigenvalue weighted by molar-refractivity contribution is 6.01. The number of nitrogens with two attached hydrogens (primary N) is 1. The Bertz CT molecular complexity index is 707.